The summed E-state index contributed by atoms with van der Waals surface area (Å²) in [7, 11) is 0. The van der Waals surface area contributed by atoms with Crippen molar-refractivity contribution in [3.05, 3.63) is 60.2 Å². The predicted octanol–water partition coefficient (Wildman–Crippen LogP) is 3.53. The van der Waals surface area contributed by atoms with E-state index in [1.54, 1.807) is 0 Å². The number of hydrogen-bond donors (Lipinski definition) is 0. The minimum atomic E-state index is 0.592. The maximum absolute atomic E-state index is 5.75. The number of hydrogen-bond acceptors (Lipinski definition) is 3. The highest BCUT2D eigenvalue weighted by atomic mass is 16.3. The van der Waals surface area contributed by atoms with E-state index in [1.165, 1.54) is 5.56 Å². The third kappa shape index (κ3) is 1.77. The molecule has 0 amide bonds. The van der Waals surface area contributed by atoms with Gasteiger partial charge in [0.2, 0.25) is 5.89 Å². The molecule has 20 heavy (non-hydrogen) atoms. The number of aromatic nitrogens is 3. The fourth-order valence-electron chi connectivity index (χ4n) is 2.43. The Hall–Kier alpha value is -2.62. The Morgan fingerprint density at radius 3 is 2.90 bits per heavy atom. The summed E-state index contributed by atoms with van der Waals surface area (Å²) >= 11 is 0. The molecule has 4 nitrogen and oxygen atoms in total. The van der Waals surface area contributed by atoms with Crippen molar-refractivity contribution >= 4 is 22.1 Å². The van der Waals surface area contributed by atoms with Gasteiger partial charge in [0, 0.05) is 0 Å². The number of fused-ring (bicyclic) bond motifs is 2. The minimum absolute atomic E-state index is 0.592. The van der Waals surface area contributed by atoms with Crippen LogP contribution in [0.15, 0.2) is 53.2 Å². The van der Waals surface area contributed by atoms with Crippen molar-refractivity contribution in [1.82, 2.24) is 14.5 Å². The van der Waals surface area contributed by atoms with Crippen LogP contribution in [0.5, 0.6) is 0 Å². The third-order valence-corrected chi connectivity index (χ3v) is 3.42. The molecule has 0 saturated carbocycles. The largest absolute Gasteiger partial charge is 0.439 e. The number of benzene rings is 2. The third-order valence-electron chi connectivity index (χ3n) is 3.42. The van der Waals surface area contributed by atoms with Crippen molar-refractivity contribution in [3.63, 3.8) is 0 Å². The molecule has 98 valence electrons. The molecule has 0 fully saturated rings. The van der Waals surface area contributed by atoms with Crippen LogP contribution in [-0.4, -0.2) is 14.5 Å². The first-order valence-electron chi connectivity index (χ1n) is 6.55. The van der Waals surface area contributed by atoms with Crippen LogP contribution in [0, 0.1) is 6.92 Å². The lowest BCUT2D eigenvalue weighted by molar-refractivity contribution is 0.512. The van der Waals surface area contributed by atoms with Gasteiger partial charge in [0.05, 0.1) is 17.4 Å². The van der Waals surface area contributed by atoms with Gasteiger partial charge in [0.15, 0.2) is 5.58 Å². The van der Waals surface area contributed by atoms with E-state index in [4.69, 9.17) is 4.42 Å². The lowest BCUT2D eigenvalue weighted by Gasteiger charge is -2.00. The van der Waals surface area contributed by atoms with Crippen molar-refractivity contribution in [2.75, 3.05) is 0 Å². The molecule has 0 aliphatic heterocycles. The molecule has 2 aromatic heterocycles. The van der Waals surface area contributed by atoms with Crippen molar-refractivity contribution in [3.8, 4) is 0 Å². The highest BCUT2D eigenvalue weighted by Gasteiger charge is 2.08. The number of aryl methyl sites for hydroxylation is 1. The van der Waals surface area contributed by atoms with E-state index in [1.807, 2.05) is 30.6 Å². The normalized spacial score (nSPS) is 11.4. The molecular weight excluding hydrogens is 250 g/mol. The highest BCUT2D eigenvalue weighted by Crippen LogP contribution is 2.19. The van der Waals surface area contributed by atoms with Crippen LogP contribution in [0.1, 0.15) is 11.5 Å². The molecule has 0 spiro atoms. The van der Waals surface area contributed by atoms with Gasteiger partial charge in [-0.3, -0.25) is 0 Å². The zero-order valence-electron chi connectivity index (χ0n) is 11.1. The van der Waals surface area contributed by atoms with Gasteiger partial charge < -0.3 is 8.98 Å². The quantitative estimate of drug-likeness (QED) is 0.555. The Morgan fingerprint density at radius 1 is 1.10 bits per heavy atom. The molecule has 0 unspecified atom stereocenters. The summed E-state index contributed by atoms with van der Waals surface area (Å²) in [5.74, 6) is 0.700. The van der Waals surface area contributed by atoms with E-state index in [0.29, 0.717) is 12.4 Å². The lowest BCUT2D eigenvalue weighted by atomic mass is 10.2. The summed E-state index contributed by atoms with van der Waals surface area (Å²) in [5, 5.41) is 0. The Kier molecular flexibility index (Phi) is 2.36. The average Bonchev–Trinajstić information content (AvgIpc) is 3.02. The SMILES string of the molecule is Cc1ccc2c(c1)ncn2Cc1nc2ccccc2o1. The van der Waals surface area contributed by atoms with E-state index in [0.717, 1.165) is 22.1 Å². The van der Waals surface area contributed by atoms with E-state index < -0.39 is 0 Å². The Balaban J connectivity index is 1.76. The van der Waals surface area contributed by atoms with Crippen LogP contribution in [0.3, 0.4) is 0 Å². The summed E-state index contributed by atoms with van der Waals surface area (Å²) in [4.78, 5) is 8.92. The van der Waals surface area contributed by atoms with E-state index in [-0.39, 0.29) is 0 Å². The van der Waals surface area contributed by atoms with Gasteiger partial charge in [-0.15, -0.1) is 0 Å². The maximum atomic E-state index is 5.75. The van der Waals surface area contributed by atoms with E-state index in [2.05, 4.69) is 39.7 Å². The average molecular weight is 263 g/mol. The van der Waals surface area contributed by atoms with Gasteiger partial charge in [-0.2, -0.15) is 0 Å². The zero-order chi connectivity index (χ0) is 13.5. The van der Waals surface area contributed by atoms with E-state index in [9.17, 15) is 0 Å². The predicted molar refractivity (Wildman–Crippen MR) is 77.6 cm³/mol. The van der Waals surface area contributed by atoms with Gasteiger partial charge in [-0.25, -0.2) is 9.97 Å². The molecule has 0 aliphatic rings. The lowest BCUT2D eigenvalue weighted by Crippen LogP contribution is -1.97. The topological polar surface area (TPSA) is 43.9 Å². The van der Waals surface area contributed by atoms with Gasteiger partial charge in [-0.05, 0) is 36.8 Å². The zero-order valence-corrected chi connectivity index (χ0v) is 11.1. The number of para-hydroxylation sites is 2. The number of imidazole rings is 1. The van der Waals surface area contributed by atoms with E-state index >= 15 is 0 Å². The molecule has 0 N–H and O–H groups in total. The van der Waals surface area contributed by atoms with Crippen LogP contribution < -0.4 is 0 Å². The van der Waals surface area contributed by atoms with Crippen molar-refractivity contribution < 1.29 is 4.42 Å². The first-order chi connectivity index (χ1) is 9.79. The van der Waals surface area contributed by atoms with Crippen LogP contribution >= 0.6 is 0 Å². The van der Waals surface area contributed by atoms with Gasteiger partial charge in [0.1, 0.15) is 12.1 Å². The summed E-state index contributed by atoms with van der Waals surface area (Å²) in [6, 6.07) is 14.1. The summed E-state index contributed by atoms with van der Waals surface area (Å²) in [5.41, 5.74) is 5.02. The molecule has 2 aromatic carbocycles. The molecule has 0 atom stereocenters. The summed E-state index contributed by atoms with van der Waals surface area (Å²) < 4.78 is 7.81. The van der Waals surface area contributed by atoms with Gasteiger partial charge in [-0.1, -0.05) is 18.2 Å². The van der Waals surface area contributed by atoms with Crippen molar-refractivity contribution in [1.29, 1.82) is 0 Å². The molecule has 0 radical (unpaired) electrons. The van der Waals surface area contributed by atoms with Gasteiger partial charge >= 0.3 is 0 Å². The maximum Gasteiger partial charge on any atom is 0.215 e. The molecule has 0 aliphatic carbocycles. The van der Waals surface area contributed by atoms with Gasteiger partial charge in [0.25, 0.3) is 0 Å². The van der Waals surface area contributed by atoms with Crippen molar-refractivity contribution in [2.45, 2.75) is 13.5 Å². The second-order valence-electron chi connectivity index (χ2n) is 4.94. The fourth-order valence-corrected chi connectivity index (χ4v) is 2.43. The fraction of sp³-hybridized carbons (Fsp3) is 0.125. The molecule has 2 heterocycles. The first kappa shape index (κ1) is 11.2. The first-order valence-corrected chi connectivity index (χ1v) is 6.55. The number of nitrogens with zero attached hydrogens (tertiary/aromatic N) is 3. The van der Waals surface area contributed by atoms with Crippen LogP contribution in [-0.2, 0) is 6.54 Å². The molecule has 4 aromatic rings. The molecule has 4 heteroatoms. The number of oxazole rings is 1. The Labute approximate surface area is 115 Å². The minimum Gasteiger partial charge on any atom is -0.439 e. The Morgan fingerprint density at radius 2 is 2.00 bits per heavy atom. The highest BCUT2D eigenvalue weighted by molar-refractivity contribution is 5.76. The van der Waals surface area contributed by atoms with Crippen LogP contribution in [0.2, 0.25) is 0 Å². The standard InChI is InChI=1S/C16H13N3O/c1-11-6-7-14-13(8-11)17-10-19(14)9-16-18-12-4-2-3-5-15(12)20-16/h2-8,10H,9H2,1H3. The smallest absolute Gasteiger partial charge is 0.215 e. The van der Waals surface area contributed by atoms with Crippen LogP contribution in [0.25, 0.3) is 22.1 Å². The molecule has 0 bridgehead atoms. The van der Waals surface area contributed by atoms with Crippen molar-refractivity contribution in [2.24, 2.45) is 0 Å². The van der Waals surface area contributed by atoms with Crippen LogP contribution in [0.4, 0.5) is 0 Å². The number of rotatable bonds is 2. The Bertz CT molecular complexity index is 871. The monoisotopic (exact) mass is 263 g/mol. The molecule has 0 saturated heterocycles. The molecule has 4 rings (SSSR count). The summed E-state index contributed by atoms with van der Waals surface area (Å²) in [6.07, 6.45) is 1.83. The second kappa shape index (κ2) is 4.20. The molecular formula is C16H13N3O. The summed E-state index contributed by atoms with van der Waals surface area (Å²) in [6.45, 7) is 2.66. The second-order valence-corrected chi connectivity index (χ2v) is 4.94.